The van der Waals surface area contributed by atoms with Crippen LogP contribution in [0.2, 0.25) is 0 Å². The Morgan fingerprint density at radius 1 is 0.933 bits per heavy atom. The van der Waals surface area contributed by atoms with Crippen LogP contribution < -0.4 is 0 Å². The summed E-state index contributed by atoms with van der Waals surface area (Å²) in [7, 11) is 0. The lowest BCUT2D eigenvalue weighted by Crippen LogP contribution is -2.03. The van der Waals surface area contributed by atoms with Crippen molar-refractivity contribution in [2.24, 2.45) is 11.8 Å². The maximum absolute atomic E-state index is 2.40. The second-order valence-electron chi connectivity index (χ2n) is 5.11. The quantitative estimate of drug-likeness (QED) is 0.707. The number of rotatable bonds is 4. The molecule has 0 unspecified atom stereocenters. The lowest BCUT2D eigenvalue weighted by molar-refractivity contribution is 0.615. The van der Waals surface area contributed by atoms with Crippen LogP contribution in [0.5, 0.6) is 0 Å². The molecule has 0 heterocycles. The largest absolute Gasteiger partial charge is 0.0625 e. The SMILES string of the molecule is CC(C)Cc1ccc(I)cc1CC(C)C. The van der Waals surface area contributed by atoms with Crippen molar-refractivity contribution >= 4 is 22.6 Å². The highest BCUT2D eigenvalue weighted by Gasteiger charge is 2.07. The molecule has 0 radical (unpaired) electrons. The van der Waals surface area contributed by atoms with Gasteiger partial charge in [-0.1, -0.05) is 33.8 Å². The molecule has 0 spiro atoms. The van der Waals surface area contributed by atoms with Gasteiger partial charge in [-0.3, -0.25) is 0 Å². The van der Waals surface area contributed by atoms with E-state index in [0.29, 0.717) is 0 Å². The molecular formula is C14H21I. The third kappa shape index (κ3) is 4.54. The van der Waals surface area contributed by atoms with Crippen molar-refractivity contribution in [1.29, 1.82) is 0 Å². The molecule has 84 valence electrons. The summed E-state index contributed by atoms with van der Waals surface area (Å²) in [5, 5.41) is 0. The Kier molecular flexibility index (Phi) is 5.10. The van der Waals surface area contributed by atoms with Gasteiger partial charge in [0.15, 0.2) is 0 Å². The third-order valence-corrected chi connectivity index (χ3v) is 3.10. The van der Waals surface area contributed by atoms with Gasteiger partial charge in [0.2, 0.25) is 0 Å². The Balaban J connectivity index is 2.92. The summed E-state index contributed by atoms with van der Waals surface area (Å²) >= 11 is 2.40. The summed E-state index contributed by atoms with van der Waals surface area (Å²) in [6.45, 7) is 9.16. The van der Waals surface area contributed by atoms with Crippen molar-refractivity contribution < 1.29 is 0 Å². The molecule has 0 aliphatic rings. The van der Waals surface area contributed by atoms with Gasteiger partial charge in [0.05, 0.1) is 0 Å². The standard InChI is InChI=1S/C14H21I/c1-10(2)7-12-5-6-14(15)9-13(12)8-11(3)4/h5-6,9-11H,7-8H2,1-4H3. The second kappa shape index (κ2) is 5.88. The van der Waals surface area contributed by atoms with Gasteiger partial charge < -0.3 is 0 Å². The Hall–Kier alpha value is -0.0500. The summed E-state index contributed by atoms with van der Waals surface area (Å²) < 4.78 is 1.36. The molecule has 0 aromatic heterocycles. The summed E-state index contributed by atoms with van der Waals surface area (Å²) in [5.41, 5.74) is 3.09. The lowest BCUT2D eigenvalue weighted by atomic mass is 9.93. The predicted octanol–water partition coefficient (Wildman–Crippen LogP) is 4.69. The summed E-state index contributed by atoms with van der Waals surface area (Å²) in [6.07, 6.45) is 2.41. The van der Waals surface area contributed by atoms with E-state index in [4.69, 9.17) is 0 Å². The molecule has 0 bridgehead atoms. The molecule has 1 heteroatoms. The van der Waals surface area contributed by atoms with Crippen LogP contribution in [0.15, 0.2) is 18.2 Å². The molecular weight excluding hydrogens is 295 g/mol. The van der Waals surface area contributed by atoms with Gasteiger partial charge in [0.25, 0.3) is 0 Å². The zero-order valence-electron chi connectivity index (χ0n) is 10.2. The first-order valence-corrected chi connectivity index (χ1v) is 6.84. The van der Waals surface area contributed by atoms with Crippen molar-refractivity contribution in [3.05, 3.63) is 32.9 Å². The summed E-state index contributed by atoms with van der Waals surface area (Å²) in [4.78, 5) is 0. The monoisotopic (exact) mass is 316 g/mol. The number of halogens is 1. The molecule has 0 amide bonds. The fourth-order valence-corrected chi connectivity index (χ4v) is 2.42. The van der Waals surface area contributed by atoms with Crippen molar-refractivity contribution in [3.63, 3.8) is 0 Å². The maximum atomic E-state index is 2.40. The molecule has 0 atom stereocenters. The highest BCUT2D eigenvalue weighted by molar-refractivity contribution is 14.1. The van der Waals surface area contributed by atoms with Gasteiger partial charge >= 0.3 is 0 Å². The first kappa shape index (κ1) is 13.0. The minimum absolute atomic E-state index is 0.745. The van der Waals surface area contributed by atoms with Crippen molar-refractivity contribution in [2.45, 2.75) is 40.5 Å². The Labute approximate surface area is 108 Å². The van der Waals surface area contributed by atoms with Crippen LogP contribution in [0.4, 0.5) is 0 Å². The maximum Gasteiger partial charge on any atom is 0.0133 e. The van der Waals surface area contributed by atoms with Crippen molar-refractivity contribution in [3.8, 4) is 0 Å². The molecule has 0 nitrogen and oxygen atoms in total. The second-order valence-corrected chi connectivity index (χ2v) is 6.35. The Morgan fingerprint density at radius 2 is 1.47 bits per heavy atom. The van der Waals surface area contributed by atoms with Gasteiger partial charge in [-0.05, 0) is 70.5 Å². The van der Waals surface area contributed by atoms with E-state index in [1.807, 2.05) is 0 Å². The van der Waals surface area contributed by atoms with Crippen LogP contribution in [-0.2, 0) is 12.8 Å². The van der Waals surface area contributed by atoms with Gasteiger partial charge in [-0.15, -0.1) is 0 Å². The third-order valence-electron chi connectivity index (χ3n) is 2.42. The van der Waals surface area contributed by atoms with E-state index in [1.54, 1.807) is 11.1 Å². The Morgan fingerprint density at radius 3 is 2.00 bits per heavy atom. The number of hydrogen-bond acceptors (Lipinski definition) is 0. The molecule has 1 aromatic carbocycles. The van der Waals surface area contributed by atoms with E-state index in [1.165, 1.54) is 16.4 Å². The molecule has 0 fully saturated rings. The smallest absolute Gasteiger partial charge is 0.0133 e. The van der Waals surface area contributed by atoms with Gasteiger partial charge in [-0.25, -0.2) is 0 Å². The minimum Gasteiger partial charge on any atom is -0.0625 e. The highest BCUT2D eigenvalue weighted by Crippen LogP contribution is 2.20. The average molecular weight is 316 g/mol. The fraction of sp³-hybridized carbons (Fsp3) is 0.571. The predicted molar refractivity (Wildman–Crippen MR) is 76.2 cm³/mol. The van der Waals surface area contributed by atoms with E-state index in [9.17, 15) is 0 Å². The van der Waals surface area contributed by atoms with Crippen LogP contribution in [0.25, 0.3) is 0 Å². The summed E-state index contributed by atoms with van der Waals surface area (Å²) in [6, 6.07) is 6.87. The molecule has 0 saturated heterocycles. The van der Waals surface area contributed by atoms with Gasteiger partial charge in [-0.2, -0.15) is 0 Å². The normalized spacial score (nSPS) is 11.4. The van der Waals surface area contributed by atoms with E-state index >= 15 is 0 Å². The van der Waals surface area contributed by atoms with Gasteiger partial charge in [0.1, 0.15) is 0 Å². The molecule has 0 aliphatic heterocycles. The molecule has 1 aromatic rings. The molecule has 0 N–H and O–H groups in total. The van der Waals surface area contributed by atoms with Crippen LogP contribution in [0, 0.1) is 15.4 Å². The van der Waals surface area contributed by atoms with E-state index in [2.05, 4.69) is 68.5 Å². The van der Waals surface area contributed by atoms with E-state index in [-0.39, 0.29) is 0 Å². The zero-order valence-corrected chi connectivity index (χ0v) is 12.3. The van der Waals surface area contributed by atoms with Gasteiger partial charge in [0, 0.05) is 3.57 Å². The lowest BCUT2D eigenvalue weighted by Gasteiger charge is -2.14. The van der Waals surface area contributed by atoms with Crippen molar-refractivity contribution in [1.82, 2.24) is 0 Å². The topological polar surface area (TPSA) is 0 Å². The van der Waals surface area contributed by atoms with Crippen molar-refractivity contribution in [2.75, 3.05) is 0 Å². The summed E-state index contributed by atoms with van der Waals surface area (Å²) in [5.74, 6) is 1.49. The van der Waals surface area contributed by atoms with Crippen LogP contribution in [-0.4, -0.2) is 0 Å². The molecule has 0 aliphatic carbocycles. The molecule has 1 rings (SSSR count). The fourth-order valence-electron chi connectivity index (χ4n) is 1.86. The highest BCUT2D eigenvalue weighted by atomic mass is 127. The van der Waals surface area contributed by atoms with Crippen LogP contribution >= 0.6 is 22.6 Å². The molecule has 15 heavy (non-hydrogen) atoms. The Bertz CT molecular complexity index is 313. The number of benzene rings is 1. The van der Waals surface area contributed by atoms with E-state index < -0.39 is 0 Å². The first-order chi connectivity index (χ1) is 6.99. The number of hydrogen-bond donors (Lipinski definition) is 0. The van der Waals surface area contributed by atoms with E-state index in [0.717, 1.165) is 11.8 Å². The molecule has 0 saturated carbocycles. The van der Waals surface area contributed by atoms with Crippen LogP contribution in [0.1, 0.15) is 38.8 Å². The minimum atomic E-state index is 0.745. The zero-order chi connectivity index (χ0) is 11.4. The average Bonchev–Trinajstić information content (AvgIpc) is 2.08. The van der Waals surface area contributed by atoms with Crippen LogP contribution in [0.3, 0.4) is 0 Å². The first-order valence-electron chi connectivity index (χ1n) is 5.76.